The predicted octanol–water partition coefficient (Wildman–Crippen LogP) is 2.82. The Bertz CT molecular complexity index is 533. The molecule has 0 fully saturated rings. The van der Waals surface area contributed by atoms with Crippen molar-refractivity contribution in [1.29, 1.82) is 0 Å². The van der Waals surface area contributed by atoms with Gasteiger partial charge in [0.15, 0.2) is 0 Å². The lowest BCUT2D eigenvalue weighted by Gasteiger charge is -2.03. The Morgan fingerprint density at radius 1 is 1.28 bits per heavy atom. The minimum Gasteiger partial charge on any atom is -0.463 e. The second-order valence-electron chi connectivity index (χ2n) is 3.62. The van der Waals surface area contributed by atoms with E-state index in [2.05, 4.69) is 10.1 Å². The number of carbonyl (C=O) groups excluding carboxylic acids is 1. The van der Waals surface area contributed by atoms with Gasteiger partial charge in [-0.15, -0.1) is 0 Å². The molecule has 1 heterocycles. The SMILES string of the molecule is COC(=O)c1ccc(CNc2ccc(F)cc2)o1. The smallest absolute Gasteiger partial charge is 0.373 e. The molecule has 1 N–H and O–H groups in total. The van der Waals surface area contributed by atoms with Gasteiger partial charge < -0.3 is 14.5 Å². The van der Waals surface area contributed by atoms with Gasteiger partial charge in [0.25, 0.3) is 0 Å². The number of methoxy groups -OCH3 is 1. The van der Waals surface area contributed by atoms with Crippen LogP contribution in [-0.2, 0) is 11.3 Å². The molecule has 0 bridgehead atoms. The molecular weight excluding hydrogens is 237 g/mol. The lowest BCUT2D eigenvalue weighted by Crippen LogP contribution is -2.00. The molecule has 0 aliphatic heterocycles. The molecule has 4 nitrogen and oxygen atoms in total. The summed E-state index contributed by atoms with van der Waals surface area (Å²) in [5.41, 5.74) is 0.771. The number of carbonyl (C=O) groups is 1. The Morgan fingerprint density at radius 2 is 2.00 bits per heavy atom. The summed E-state index contributed by atoms with van der Waals surface area (Å²) in [7, 11) is 1.29. The number of rotatable bonds is 4. The molecule has 2 aromatic rings. The highest BCUT2D eigenvalue weighted by Gasteiger charge is 2.10. The van der Waals surface area contributed by atoms with Crippen LogP contribution in [0.4, 0.5) is 10.1 Å². The highest BCUT2D eigenvalue weighted by atomic mass is 19.1. The maximum atomic E-state index is 12.7. The second-order valence-corrected chi connectivity index (χ2v) is 3.62. The topological polar surface area (TPSA) is 51.5 Å². The van der Waals surface area contributed by atoms with Crippen molar-refractivity contribution in [3.05, 3.63) is 53.7 Å². The highest BCUT2D eigenvalue weighted by Crippen LogP contribution is 2.13. The van der Waals surface area contributed by atoms with Crippen molar-refractivity contribution in [2.24, 2.45) is 0 Å². The molecule has 0 unspecified atom stereocenters. The summed E-state index contributed by atoms with van der Waals surface area (Å²) in [5, 5.41) is 3.05. The molecule has 1 aromatic heterocycles. The molecule has 0 amide bonds. The predicted molar refractivity (Wildman–Crippen MR) is 63.8 cm³/mol. The number of ether oxygens (including phenoxy) is 1. The fraction of sp³-hybridized carbons (Fsp3) is 0.154. The van der Waals surface area contributed by atoms with Gasteiger partial charge in [-0.1, -0.05) is 0 Å². The lowest BCUT2D eigenvalue weighted by atomic mass is 10.3. The number of anilines is 1. The van der Waals surface area contributed by atoms with E-state index in [9.17, 15) is 9.18 Å². The van der Waals surface area contributed by atoms with Crippen LogP contribution in [-0.4, -0.2) is 13.1 Å². The molecule has 0 spiro atoms. The van der Waals surface area contributed by atoms with Crippen molar-refractivity contribution >= 4 is 11.7 Å². The normalized spacial score (nSPS) is 10.1. The summed E-state index contributed by atoms with van der Waals surface area (Å²) in [6.07, 6.45) is 0. The average molecular weight is 249 g/mol. The molecule has 0 aliphatic carbocycles. The molecule has 94 valence electrons. The Kier molecular flexibility index (Phi) is 3.62. The summed E-state index contributed by atoms with van der Waals surface area (Å²) in [5.74, 6) is -0.0392. The molecule has 0 saturated carbocycles. The number of benzene rings is 1. The van der Waals surface area contributed by atoms with Crippen LogP contribution in [0.3, 0.4) is 0 Å². The maximum absolute atomic E-state index is 12.7. The third-order valence-electron chi connectivity index (χ3n) is 2.36. The molecule has 18 heavy (non-hydrogen) atoms. The van der Waals surface area contributed by atoms with E-state index in [1.54, 1.807) is 24.3 Å². The van der Waals surface area contributed by atoms with Crippen LogP contribution in [0, 0.1) is 5.82 Å². The Labute approximate surface area is 103 Å². The fourth-order valence-electron chi connectivity index (χ4n) is 1.44. The van der Waals surface area contributed by atoms with E-state index in [0.29, 0.717) is 12.3 Å². The number of halogens is 1. The van der Waals surface area contributed by atoms with Crippen LogP contribution < -0.4 is 5.32 Å². The zero-order valence-electron chi connectivity index (χ0n) is 9.77. The van der Waals surface area contributed by atoms with Gasteiger partial charge in [-0.05, 0) is 36.4 Å². The monoisotopic (exact) mass is 249 g/mol. The lowest BCUT2D eigenvalue weighted by molar-refractivity contribution is 0.0563. The van der Waals surface area contributed by atoms with Crippen molar-refractivity contribution < 1.29 is 18.3 Å². The minimum atomic E-state index is -0.511. The quantitative estimate of drug-likeness (QED) is 0.846. The third kappa shape index (κ3) is 2.88. The van der Waals surface area contributed by atoms with E-state index in [4.69, 9.17) is 4.42 Å². The summed E-state index contributed by atoms with van der Waals surface area (Å²) < 4.78 is 22.5. The number of esters is 1. The summed E-state index contributed by atoms with van der Waals surface area (Å²) in [6.45, 7) is 0.405. The van der Waals surface area contributed by atoms with Gasteiger partial charge in [0.05, 0.1) is 13.7 Å². The van der Waals surface area contributed by atoms with Crippen LogP contribution >= 0.6 is 0 Å². The Balaban J connectivity index is 1.96. The van der Waals surface area contributed by atoms with Gasteiger partial charge in [-0.25, -0.2) is 9.18 Å². The first-order valence-electron chi connectivity index (χ1n) is 5.35. The van der Waals surface area contributed by atoms with Crippen LogP contribution in [0.1, 0.15) is 16.3 Å². The molecule has 2 rings (SSSR count). The molecule has 0 atom stereocenters. The van der Waals surface area contributed by atoms with Gasteiger partial charge in [-0.3, -0.25) is 0 Å². The number of hydrogen-bond acceptors (Lipinski definition) is 4. The summed E-state index contributed by atoms with van der Waals surface area (Å²) in [4.78, 5) is 11.2. The van der Waals surface area contributed by atoms with E-state index < -0.39 is 5.97 Å². The van der Waals surface area contributed by atoms with Crippen LogP contribution in [0.25, 0.3) is 0 Å². The van der Waals surface area contributed by atoms with Crippen molar-refractivity contribution in [2.45, 2.75) is 6.54 Å². The van der Waals surface area contributed by atoms with E-state index in [1.807, 2.05) is 0 Å². The molecule has 0 saturated heterocycles. The van der Waals surface area contributed by atoms with Crippen LogP contribution in [0.2, 0.25) is 0 Å². The van der Waals surface area contributed by atoms with Crippen LogP contribution in [0.5, 0.6) is 0 Å². The summed E-state index contributed by atoms with van der Waals surface area (Å²) in [6, 6.07) is 9.21. The number of nitrogens with one attached hydrogen (secondary N) is 1. The van der Waals surface area contributed by atoms with E-state index >= 15 is 0 Å². The minimum absolute atomic E-state index is 0.161. The highest BCUT2D eigenvalue weighted by molar-refractivity contribution is 5.86. The van der Waals surface area contributed by atoms with Gasteiger partial charge in [0.2, 0.25) is 5.76 Å². The maximum Gasteiger partial charge on any atom is 0.373 e. The average Bonchev–Trinajstić information content (AvgIpc) is 2.86. The summed E-state index contributed by atoms with van der Waals surface area (Å²) >= 11 is 0. The van der Waals surface area contributed by atoms with Crippen molar-refractivity contribution in [3.63, 3.8) is 0 Å². The first-order chi connectivity index (χ1) is 8.69. The third-order valence-corrected chi connectivity index (χ3v) is 2.36. The Hall–Kier alpha value is -2.30. The second kappa shape index (κ2) is 5.35. The van der Waals surface area contributed by atoms with Crippen molar-refractivity contribution in [1.82, 2.24) is 0 Å². The number of furan rings is 1. The van der Waals surface area contributed by atoms with Gasteiger partial charge in [0, 0.05) is 5.69 Å². The zero-order chi connectivity index (χ0) is 13.0. The standard InChI is InChI=1S/C13H12FNO3/c1-17-13(16)12-7-6-11(18-12)8-15-10-4-2-9(14)3-5-10/h2-7,15H,8H2,1H3. The fourth-order valence-corrected chi connectivity index (χ4v) is 1.44. The zero-order valence-corrected chi connectivity index (χ0v) is 9.77. The molecular formula is C13H12FNO3. The first kappa shape index (κ1) is 12.2. The van der Waals surface area contributed by atoms with Crippen molar-refractivity contribution in [2.75, 3.05) is 12.4 Å². The molecule has 5 heteroatoms. The van der Waals surface area contributed by atoms with E-state index in [1.165, 1.54) is 19.2 Å². The van der Waals surface area contributed by atoms with E-state index in [-0.39, 0.29) is 11.6 Å². The van der Waals surface area contributed by atoms with Gasteiger partial charge in [0.1, 0.15) is 11.6 Å². The molecule has 1 aromatic carbocycles. The van der Waals surface area contributed by atoms with Crippen molar-refractivity contribution in [3.8, 4) is 0 Å². The van der Waals surface area contributed by atoms with Crippen LogP contribution in [0.15, 0.2) is 40.8 Å². The largest absolute Gasteiger partial charge is 0.463 e. The first-order valence-corrected chi connectivity index (χ1v) is 5.35. The Morgan fingerprint density at radius 3 is 2.67 bits per heavy atom. The van der Waals surface area contributed by atoms with Gasteiger partial charge >= 0.3 is 5.97 Å². The van der Waals surface area contributed by atoms with E-state index in [0.717, 1.165) is 5.69 Å². The molecule has 0 radical (unpaired) electrons. The molecule has 0 aliphatic rings. The van der Waals surface area contributed by atoms with Gasteiger partial charge in [-0.2, -0.15) is 0 Å². The number of hydrogen-bond donors (Lipinski definition) is 1.